The third kappa shape index (κ3) is 5.80. The van der Waals surface area contributed by atoms with Gasteiger partial charge in [0.2, 0.25) is 11.8 Å². The van der Waals surface area contributed by atoms with E-state index in [0.29, 0.717) is 43.7 Å². The molecule has 2 amide bonds. The van der Waals surface area contributed by atoms with E-state index in [1.807, 2.05) is 26.0 Å². The normalized spacial score (nSPS) is 16.1. The van der Waals surface area contributed by atoms with E-state index in [4.69, 9.17) is 16.3 Å². The van der Waals surface area contributed by atoms with Crippen LogP contribution in [0.25, 0.3) is 0 Å². The molecule has 0 saturated carbocycles. The third-order valence-electron chi connectivity index (χ3n) is 3.94. The van der Waals surface area contributed by atoms with Gasteiger partial charge in [0.1, 0.15) is 6.04 Å². The minimum atomic E-state index is -0.483. The van der Waals surface area contributed by atoms with Crippen LogP contribution >= 0.6 is 11.6 Å². The molecular formula is C18H25ClN2O3. The zero-order chi connectivity index (χ0) is 17.5. The zero-order valence-corrected chi connectivity index (χ0v) is 15.0. The number of morpholine rings is 1. The second kappa shape index (κ2) is 9.04. The first-order valence-corrected chi connectivity index (χ1v) is 8.74. The Morgan fingerprint density at radius 2 is 1.83 bits per heavy atom. The van der Waals surface area contributed by atoms with Gasteiger partial charge in [-0.05, 0) is 30.0 Å². The molecule has 1 fully saturated rings. The van der Waals surface area contributed by atoms with Crippen molar-refractivity contribution in [1.29, 1.82) is 0 Å². The van der Waals surface area contributed by atoms with Crippen LogP contribution in [-0.2, 0) is 20.7 Å². The maximum Gasteiger partial charge on any atom is 0.245 e. The number of hydrogen-bond acceptors (Lipinski definition) is 3. The van der Waals surface area contributed by atoms with Crippen molar-refractivity contribution >= 4 is 23.4 Å². The van der Waals surface area contributed by atoms with Gasteiger partial charge in [-0.25, -0.2) is 0 Å². The highest BCUT2D eigenvalue weighted by atomic mass is 35.5. The van der Waals surface area contributed by atoms with E-state index in [-0.39, 0.29) is 18.2 Å². The molecule has 1 heterocycles. The van der Waals surface area contributed by atoms with Gasteiger partial charge in [0.25, 0.3) is 0 Å². The molecule has 0 radical (unpaired) electrons. The lowest BCUT2D eigenvalue weighted by Crippen LogP contribution is -2.52. The van der Waals surface area contributed by atoms with Crippen molar-refractivity contribution in [3.05, 3.63) is 34.9 Å². The van der Waals surface area contributed by atoms with Gasteiger partial charge in [-0.15, -0.1) is 0 Å². The molecule has 1 N–H and O–H groups in total. The fraction of sp³-hybridized carbons (Fsp3) is 0.556. The summed E-state index contributed by atoms with van der Waals surface area (Å²) in [5.41, 5.74) is 0.874. The number of ether oxygens (including phenoxy) is 1. The van der Waals surface area contributed by atoms with E-state index < -0.39 is 6.04 Å². The molecule has 24 heavy (non-hydrogen) atoms. The summed E-state index contributed by atoms with van der Waals surface area (Å²) in [5.74, 6) is 0.150. The summed E-state index contributed by atoms with van der Waals surface area (Å²) in [4.78, 5) is 26.8. The van der Waals surface area contributed by atoms with Crippen LogP contribution in [0.2, 0.25) is 5.02 Å². The third-order valence-corrected chi connectivity index (χ3v) is 4.19. The molecule has 0 unspecified atom stereocenters. The number of carbonyl (C=O) groups is 2. The largest absolute Gasteiger partial charge is 0.378 e. The summed E-state index contributed by atoms with van der Waals surface area (Å²) in [6.07, 6.45) is 0.866. The number of benzene rings is 1. The number of nitrogens with zero attached hydrogens (tertiary/aromatic N) is 1. The minimum absolute atomic E-state index is 0.0172. The molecule has 0 spiro atoms. The van der Waals surface area contributed by atoms with Crippen LogP contribution in [0, 0.1) is 5.92 Å². The number of amides is 2. The van der Waals surface area contributed by atoms with Crippen molar-refractivity contribution in [1.82, 2.24) is 10.2 Å². The first kappa shape index (κ1) is 18.7. The molecule has 2 rings (SSSR count). The molecule has 6 heteroatoms. The second-order valence-corrected chi connectivity index (χ2v) is 6.93. The smallest absolute Gasteiger partial charge is 0.245 e. The molecule has 5 nitrogen and oxygen atoms in total. The summed E-state index contributed by atoms with van der Waals surface area (Å²) in [7, 11) is 0. The SMILES string of the molecule is CC(C)C[C@@H](NC(=O)Cc1ccc(Cl)cc1)C(=O)N1CCOCC1. The number of rotatable bonds is 6. The zero-order valence-electron chi connectivity index (χ0n) is 14.3. The Balaban J connectivity index is 1.97. The molecular weight excluding hydrogens is 328 g/mol. The molecule has 1 aliphatic rings. The van der Waals surface area contributed by atoms with Crippen molar-refractivity contribution in [2.75, 3.05) is 26.3 Å². The maximum absolute atomic E-state index is 12.7. The van der Waals surface area contributed by atoms with Crippen molar-refractivity contribution < 1.29 is 14.3 Å². The molecule has 1 aromatic carbocycles. The fourth-order valence-corrected chi connectivity index (χ4v) is 2.86. The fourth-order valence-electron chi connectivity index (χ4n) is 2.73. The molecule has 132 valence electrons. The van der Waals surface area contributed by atoms with Gasteiger partial charge in [0.15, 0.2) is 0 Å². The summed E-state index contributed by atoms with van der Waals surface area (Å²) in [6.45, 7) is 6.37. The van der Waals surface area contributed by atoms with Crippen molar-refractivity contribution in [3.8, 4) is 0 Å². The van der Waals surface area contributed by atoms with Crippen molar-refractivity contribution in [3.63, 3.8) is 0 Å². The molecule has 0 bridgehead atoms. The van der Waals surface area contributed by atoms with Crippen LogP contribution in [0.1, 0.15) is 25.8 Å². The minimum Gasteiger partial charge on any atom is -0.378 e. The molecule has 1 atom stereocenters. The highest BCUT2D eigenvalue weighted by Crippen LogP contribution is 2.12. The van der Waals surface area contributed by atoms with Gasteiger partial charge in [-0.1, -0.05) is 37.6 Å². The van der Waals surface area contributed by atoms with Gasteiger partial charge in [-0.3, -0.25) is 9.59 Å². The Labute approximate surface area is 148 Å². The van der Waals surface area contributed by atoms with E-state index in [1.165, 1.54) is 0 Å². The Hall–Kier alpha value is -1.59. The van der Waals surface area contributed by atoms with E-state index in [1.54, 1.807) is 17.0 Å². The molecule has 1 saturated heterocycles. The van der Waals surface area contributed by atoms with Gasteiger partial charge < -0.3 is 15.0 Å². The summed E-state index contributed by atoms with van der Waals surface area (Å²) >= 11 is 5.86. The Kier molecular flexibility index (Phi) is 7.06. The lowest BCUT2D eigenvalue weighted by Gasteiger charge is -2.31. The summed E-state index contributed by atoms with van der Waals surface area (Å²) in [5, 5.41) is 3.54. The number of nitrogens with one attached hydrogen (secondary N) is 1. The Morgan fingerprint density at radius 1 is 1.21 bits per heavy atom. The predicted molar refractivity (Wildman–Crippen MR) is 93.9 cm³/mol. The molecule has 1 aliphatic heterocycles. The summed E-state index contributed by atoms with van der Waals surface area (Å²) < 4.78 is 5.29. The second-order valence-electron chi connectivity index (χ2n) is 6.49. The lowest BCUT2D eigenvalue weighted by atomic mass is 10.0. The lowest BCUT2D eigenvalue weighted by molar-refractivity contribution is -0.140. The maximum atomic E-state index is 12.7. The highest BCUT2D eigenvalue weighted by molar-refractivity contribution is 6.30. The van der Waals surface area contributed by atoms with Crippen LogP contribution in [0.15, 0.2) is 24.3 Å². The predicted octanol–water partition coefficient (Wildman–Crippen LogP) is 2.27. The molecule has 0 aliphatic carbocycles. The average molecular weight is 353 g/mol. The topological polar surface area (TPSA) is 58.6 Å². The van der Waals surface area contributed by atoms with Crippen LogP contribution in [0.5, 0.6) is 0 Å². The quantitative estimate of drug-likeness (QED) is 0.854. The number of carbonyl (C=O) groups excluding carboxylic acids is 2. The Bertz CT molecular complexity index is 554. The number of halogens is 1. The average Bonchev–Trinajstić information content (AvgIpc) is 2.56. The van der Waals surface area contributed by atoms with E-state index in [2.05, 4.69) is 5.32 Å². The standard InChI is InChI=1S/C18H25ClN2O3/c1-13(2)11-16(18(23)21-7-9-24-10-8-21)20-17(22)12-14-3-5-15(19)6-4-14/h3-6,13,16H,7-12H2,1-2H3,(H,20,22)/t16-/m1/s1. The monoisotopic (exact) mass is 352 g/mol. The van der Waals surface area contributed by atoms with Gasteiger partial charge in [0, 0.05) is 18.1 Å². The van der Waals surface area contributed by atoms with Crippen LogP contribution in [0.3, 0.4) is 0 Å². The number of hydrogen-bond donors (Lipinski definition) is 1. The van der Waals surface area contributed by atoms with E-state index in [9.17, 15) is 9.59 Å². The van der Waals surface area contributed by atoms with Gasteiger partial charge >= 0.3 is 0 Å². The molecule has 0 aromatic heterocycles. The first-order chi connectivity index (χ1) is 11.5. The van der Waals surface area contributed by atoms with E-state index >= 15 is 0 Å². The van der Waals surface area contributed by atoms with Crippen molar-refractivity contribution in [2.45, 2.75) is 32.7 Å². The highest BCUT2D eigenvalue weighted by Gasteiger charge is 2.27. The summed E-state index contributed by atoms with van der Waals surface area (Å²) in [6, 6.07) is 6.68. The van der Waals surface area contributed by atoms with Crippen molar-refractivity contribution in [2.24, 2.45) is 5.92 Å². The van der Waals surface area contributed by atoms with Crippen LogP contribution < -0.4 is 5.32 Å². The van der Waals surface area contributed by atoms with E-state index in [0.717, 1.165) is 5.56 Å². The van der Waals surface area contributed by atoms with Gasteiger partial charge in [-0.2, -0.15) is 0 Å². The first-order valence-electron chi connectivity index (χ1n) is 8.36. The Morgan fingerprint density at radius 3 is 2.42 bits per heavy atom. The van der Waals surface area contributed by atoms with Crippen LogP contribution in [0.4, 0.5) is 0 Å². The van der Waals surface area contributed by atoms with Gasteiger partial charge in [0.05, 0.1) is 19.6 Å². The van der Waals surface area contributed by atoms with Crippen LogP contribution in [-0.4, -0.2) is 49.1 Å². The molecule has 1 aromatic rings.